The minimum atomic E-state index is -0.339. The van der Waals surface area contributed by atoms with E-state index in [1.54, 1.807) is 0 Å². The molecule has 2 rings (SSSR count). The number of aliphatic hydroxyl groups excluding tert-OH is 1. The average Bonchev–Trinajstić information content (AvgIpc) is 2.44. The third-order valence-electron chi connectivity index (χ3n) is 3.34. The van der Waals surface area contributed by atoms with Crippen molar-refractivity contribution in [1.82, 2.24) is 0 Å². The van der Waals surface area contributed by atoms with Crippen molar-refractivity contribution >= 4 is 11.8 Å². The van der Waals surface area contributed by atoms with E-state index in [2.05, 4.69) is 44.2 Å². The molecule has 0 bridgehead atoms. The summed E-state index contributed by atoms with van der Waals surface area (Å²) in [6.45, 7) is 6.28. The van der Waals surface area contributed by atoms with E-state index in [4.69, 9.17) is 0 Å². The van der Waals surface area contributed by atoms with E-state index in [9.17, 15) is 5.11 Å². The molecule has 20 heavy (non-hydrogen) atoms. The maximum atomic E-state index is 9.78. The molecule has 2 aromatic carbocycles. The van der Waals surface area contributed by atoms with Crippen LogP contribution in [0.4, 0.5) is 0 Å². The monoisotopic (exact) mass is 286 g/mol. The number of aryl methyl sites for hydroxylation is 2. The van der Waals surface area contributed by atoms with Gasteiger partial charge in [0.15, 0.2) is 0 Å². The van der Waals surface area contributed by atoms with Crippen molar-refractivity contribution in [3.8, 4) is 0 Å². The molecular weight excluding hydrogens is 264 g/mol. The van der Waals surface area contributed by atoms with Crippen LogP contribution in [0, 0.1) is 13.8 Å². The summed E-state index contributed by atoms with van der Waals surface area (Å²) in [6, 6.07) is 14.9. The van der Waals surface area contributed by atoms with E-state index in [0.29, 0.717) is 0 Å². The first kappa shape index (κ1) is 15.1. The van der Waals surface area contributed by atoms with Crippen LogP contribution in [0.15, 0.2) is 47.4 Å². The summed E-state index contributed by atoms with van der Waals surface area (Å²) in [4.78, 5) is 1.25. The number of rotatable bonds is 5. The molecule has 0 radical (unpaired) electrons. The third-order valence-corrected chi connectivity index (χ3v) is 4.42. The molecule has 106 valence electrons. The Labute approximate surface area is 126 Å². The van der Waals surface area contributed by atoms with Gasteiger partial charge in [-0.3, -0.25) is 0 Å². The minimum Gasteiger partial charge on any atom is -0.388 e. The van der Waals surface area contributed by atoms with Gasteiger partial charge in [0.25, 0.3) is 0 Å². The van der Waals surface area contributed by atoms with Gasteiger partial charge in [0.05, 0.1) is 6.10 Å². The molecule has 2 aromatic rings. The number of benzene rings is 2. The molecule has 0 saturated carbocycles. The molecule has 0 fully saturated rings. The standard InChI is InChI=1S/C18H22OS/c1-4-18(19)16-5-7-17(8-6-16)20-12-15-10-13(2)9-14(3)11-15/h5-11,18-19H,4,12H2,1-3H3/t18-/m1/s1. The van der Waals surface area contributed by atoms with Crippen molar-refractivity contribution in [2.24, 2.45) is 0 Å². The van der Waals surface area contributed by atoms with Crippen molar-refractivity contribution in [1.29, 1.82) is 0 Å². The van der Waals surface area contributed by atoms with Crippen molar-refractivity contribution in [2.45, 2.75) is 43.9 Å². The summed E-state index contributed by atoms with van der Waals surface area (Å²) < 4.78 is 0. The van der Waals surface area contributed by atoms with Crippen LogP contribution in [0.1, 0.15) is 41.7 Å². The largest absolute Gasteiger partial charge is 0.388 e. The van der Waals surface area contributed by atoms with Crippen molar-refractivity contribution < 1.29 is 5.11 Å². The summed E-state index contributed by atoms with van der Waals surface area (Å²) in [5.74, 6) is 0.984. The molecule has 1 atom stereocenters. The summed E-state index contributed by atoms with van der Waals surface area (Å²) in [5, 5.41) is 9.78. The lowest BCUT2D eigenvalue weighted by atomic mass is 10.1. The van der Waals surface area contributed by atoms with Crippen molar-refractivity contribution in [2.75, 3.05) is 0 Å². The predicted octanol–water partition coefficient (Wildman–Crippen LogP) is 5.04. The zero-order valence-corrected chi connectivity index (χ0v) is 13.2. The third kappa shape index (κ3) is 4.12. The Morgan fingerprint density at radius 3 is 2.15 bits per heavy atom. The first-order valence-corrected chi connectivity index (χ1v) is 8.05. The van der Waals surface area contributed by atoms with Gasteiger partial charge in [0.2, 0.25) is 0 Å². The number of hydrogen-bond acceptors (Lipinski definition) is 2. The Morgan fingerprint density at radius 1 is 1.00 bits per heavy atom. The Balaban J connectivity index is 2.00. The lowest BCUT2D eigenvalue weighted by molar-refractivity contribution is 0.173. The quantitative estimate of drug-likeness (QED) is 0.777. The normalized spacial score (nSPS) is 12.4. The van der Waals surface area contributed by atoms with Gasteiger partial charge < -0.3 is 5.11 Å². The highest BCUT2D eigenvalue weighted by Gasteiger charge is 2.04. The minimum absolute atomic E-state index is 0.339. The lowest BCUT2D eigenvalue weighted by Crippen LogP contribution is -1.94. The SMILES string of the molecule is CC[C@@H](O)c1ccc(SCc2cc(C)cc(C)c2)cc1. The van der Waals surface area contributed by atoms with Gasteiger partial charge in [-0.25, -0.2) is 0 Å². The molecule has 0 spiro atoms. The zero-order chi connectivity index (χ0) is 14.5. The maximum Gasteiger partial charge on any atom is 0.0787 e. The van der Waals surface area contributed by atoms with E-state index < -0.39 is 0 Å². The fourth-order valence-electron chi connectivity index (χ4n) is 2.34. The van der Waals surface area contributed by atoms with Crippen LogP contribution in [0.2, 0.25) is 0 Å². The molecule has 0 aromatic heterocycles. The van der Waals surface area contributed by atoms with Crippen LogP contribution in [-0.2, 0) is 5.75 Å². The predicted molar refractivity (Wildman–Crippen MR) is 87.2 cm³/mol. The maximum absolute atomic E-state index is 9.78. The molecule has 0 amide bonds. The summed E-state index contributed by atoms with van der Waals surface area (Å²) >= 11 is 1.84. The van der Waals surface area contributed by atoms with Gasteiger partial charge in [0, 0.05) is 10.6 Å². The number of thioether (sulfide) groups is 1. The number of hydrogen-bond donors (Lipinski definition) is 1. The van der Waals surface area contributed by atoms with Crippen LogP contribution >= 0.6 is 11.8 Å². The highest BCUT2D eigenvalue weighted by atomic mass is 32.2. The van der Waals surface area contributed by atoms with Crippen molar-refractivity contribution in [3.63, 3.8) is 0 Å². The van der Waals surface area contributed by atoms with E-state index in [1.807, 2.05) is 30.8 Å². The molecule has 0 saturated heterocycles. The van der Waals surface area contributed by atoms with Crippen LogP contribution in [0.5, 0.6) is 0 Å². The molecule has 0 aliphatic carbocycles. The van der Waals surface area contributed by atoms with Crippen LogP contribution < -0.4 is 0 Å². The zero-order valence-electron chi connectivity index (χ0n) is 12.4. The summed E-state index contributed by atoms with van der Waals surface area (Å²) in [5.41, 5.74) is 5.01. The topological polar surface area (TPSA) is 20.2 Å². The molecule has 1 nitrogen and oxygen atoms in total. The molecule has 2 heteroatoms. The van der Waals surface area contributed by atoms with Gasteiger partial charge in [0.1, 0.15) is 0 Å². The second-order valence-electron chi connectivity index (χ2n) is 5.28. The van der Waals surface area contributed by atoms with Crippen LogP contribution in [-0.4, -0.2) is 5.11 Å². The van der Waals surface area contributed by atoms with Crippen molar-refractivity contribution in [3.05, 3.63) is 64.7 Å². The fourth-order valence-corrected chi connectivity index (χ4v) is 3.17. The molecule has 1 N–H and O–H groups in total. The van der Waals surface area contributed by atoms with Gasteiger partial charge in [-0.05, 0) is 43.5 Å². The van der Waals surface area contributed by atoms with Gasteiger partial charge in [-0.15, -0.1) is 11.8 Å². The second-order valence-corrected chi connectivity index (χ2v) is 6.33. The Morgan fingerprint density at radius 2 is 1.60 bits per heavy atom. The summed E-state index contributed by atoms with van der Waals surface area (Å²) in [7, 11) is 0. The smallest absolute Gasteiger partial charge is 0.0787 e. The van der Waals surface area contributed by atoms with E-state index in [1.165, 1.54) is 21.6 Å². The van der Waals surface area contributed by atoms with Crippen LogP contribution in [0.25, 0.3) is 0 Å². The van der Waals surface area contributed by atoms with E-state index in [0.717, 1.165) is 17.7 Å². The van der Waals surface area contributed by atoms with Gasteiger partial charge in [-0.2, -0.15) is 0 Å². The fraction of sp³-hybridized carbons (Fsp3) is 0.333. The Kier molecular flexibility index (Phi) is 5.27. The molecule has 0 heterocycles. The van der Waals surface area contributed by atoms with Gasteiger partial charge >= 0.3 is 0 Å². The molecule has 0 aliphatic heterocycles. The Hall–Kier alpha value is -1.25. The summed E-state index contributed by atoms with van der Waals surface area (Å²) in [6.07, 6.45) is 0.420. The number of aliphatic hydroxyl groups is 1. The van der Waals surface area contributed by atoms with E-state index in [-0.39, 0.29) is 6.10 Å². The molecule has 0 unspecified atom stereocenters. The van der Waals surface area contributed by atoms with Crippen LogP contribution in [0.3, 0.4) is 0 Å². The highest BCUT2D eigenvalue weighted by molar-refractivity contribution is 7.98. The molecular formula is C18H22OS. The second kappa shape index (κ2) is 6.96. The lowest BCUT2D eigenvalue weighted by Gasteiger charge is -2.09. The van der Waals surface area contributed by atoms with Gasteiger partial charge in [-0.1, -0.05) is 48.4 Å². The first-order valence-electron chi connectivity index (χ1n) is 7.06. The Bertz CT molecular complexity index is 540. The highest BCUT2D eigenvalue weighted by Crippen LogP contribution is 2.26. The molecule has 0 aliphatic rings. The first-order chi connectivity index (χ1) is 9.58. The van der Waals surface area contributed by atoms with E-state index >= 15 is 0 Å². The average molecular weight is 286 g/mol.